The van der Waals surface area contributed by atoms with Gasteiger partial charge in [0.25, 0.3) is 16.0 Å². The van der Waals surface area contributed by atoms with Gasteiger partial charge in [-0.05, 0) is 78.1 Å². The fourth-order valence-electron chi connectivity index (χ4n) is 8.83. The van der Waals surface area contributed by atoms with Gasteiger partial charge in [0.2, 0.25) is 5.91 Å². The van der Waals surface area contributed by atoms with Crippen molar-refractivity contribution in [1.29, 1.82) is 0 Å². The molecule has 5 aromatic carbocycles. The number of hydrogen-bond donors (Lipinski definition) is 3. The molecule has 0 spiro atoms. The van der Waals surface area contributed by atoms with Crippen LogP contribution in [0.1, 0.15) is 46.9 Å². The van der Waals surface area contributed by atoms with Gasteiger partial charge in [0.05, 0.1) is 37.2 Å². The minimum Gasteiger partial charge on any atom is -0.496 e. The van der Waals surface area contributed by atoms with Crippen LogP contribution in [0.3, 0.4) is 0 Å². The summed E-state index contributed by atoms with van der Waals surface area (Å²) in [5.74, 6) is -1.79. The predicted octanol–water partition coefficient (Wildman–Crippen LogP) is 8.40. The van der Waals surface area contributed by atoms with E-state index in [-0.39, 0.29) is 36.4 Å². The number of nitrogens with zero attached hydrogens (tertiary/aromatic N) is 3. The number of aromatic nitrogens is 2. The molecule has 0 unspecified atom stereocenters. The van der Waals surface area contributed by atoms with E-state index in [4.69, 9.17) is 47.2 Å². The van der Waals surface area contributed by atoms with Crippen molar-refractivity contribution >= 4 is 56.9 Å². The Labute approximate surface area is 390 Å². The van der Waals surface area contributed by atoms with Crippen LogP contribution in [0.15, 0.2) is 103 Å². The summed E-state index contributed by atoms with van der Waals surface area (Å²) in [6, 6.07) is 29.0. The standard InChI is InChI=1S/C48H43Cl2N5O10S/c1-48(2)26-63-16-15-54(48)46(57)43-39-24-64-42-22-41(62-3)36(21-37(42)44(39)55(53-43)31-19-28(49)18-29(50)20-31)27-9-8-10-30(17-27)51-45(56)40(25-66(59,60)61)52-47(58)65-23-38-34-13-6-4-11-32(34)33-12-5-7-14-35(33)38/h4-14,17-22,38,40H,15-16,23-26H2,1-3H3,(H,51,56)(H,52,58)(H,59,60,61)/t40-/m0/s1. The number of morpholine rings is 1. The van der Waals surface area contributed by atoms with Crippen molar-refractivity contribution < 1.29 is 46.3 Å². The molecule has 3 amide bonds. The van der Waals surface area contributed by atoms with Crippen molar-refractivity contribution in [2.75, 3.05) is 44.5 Å². The minimum atomic E-state index is -4.77. The highest BCUT2D eigenvalue weighted by Crippen LogP contribution is 2.47. The van der Waals surface area contributed by atoms with Gasteiger partial charge >= 0.3 is 6.09 Å². The van der Waals surface area contributed by atoms with Crippen LogP contribution in [0.5, 0.6) is 11.5 Å². The predicted molar refractivity (Wildman–Crippen MR) is 248 cm³/mol. The Kier molecular flexibility index (Phi) is 12.0. The Balaban J connectivity index is 1.01. The summed E-state index contributed by atoms with van der Waals surface area (Å²) in [5.41, 5.74) is 7.04. The Morgan fingerprint density at radius 2 is 1.61 bits per heavy atom. The molecule has 0 bridgehead atoms. The average Bonchev–Trinajstić information content (AvgIpc) is 3.83. The Bertz CT molecular complexity index is 2980. The highest BCUT2D eigenvalue weighted by Gasteiger charge is 2.40. The van der Waals surface area contributed by atoms with Gasteiger partial charge in [0, 0.05) is 51.0 Å². The van der Waals surface area contributed by atoms with Crippen molar-refractivity contribution in [2.45, 2.75) is 38.0 Å². The van der Waals surface area contributed by atoms with Crippen LogP contribution in [-0.2, 0) is 31.0 Å². The van der Waals surface area contributed by atoms with E-state index in [1.54, 1.807) is 58.1 Å². The maximum atomic E-state index is 14.4. The third-order valence-electron chi connectivity index (χ3n) is 11.9. The number of anilines is 1. The molecule has 6 aromatic rings. The number of ether oxygens (including phenoxy) is 4. The Morgan fingerprint density at radius 1 is 0.909 bits per heavy atom. The van der Waals surface area contributed by atoms with Gasteiger partial charge in [0.1, 0.15) is 36.5 Å². The first-order valence-electron chi connectivity index (χ1n) is 20.9. The van der Waals surface area contributed by atoms with Crippen LogP contribution in [0.4, 0.5) is 10.5 Å². The molecule has 2 aliphatic heterocycles. The lowest BCUT2D eigenvalue weighted by atomic mass is 9.95. The van der Waals surface area contributed by atoms with Crippen molar-refractivity contribution in [2.24, 2.45) is 0 Å². The first-order valence-corrected chi connectivity index (χ1v) is 23.3. The molecule has 0 radical (unpaired) electrons. The summed E-state index contributed by atoms with van der Waals surface area (Å²) in [5, 5.41) is 10.6. The number of fused-ring (bicyclic) bond motifs is 6. The number of carbonyl (C=O) groups excluding carboxylic acids is 3. The molecular weight excluding hydrogens is 910 g/mol. The number of nitrogens with one attached hydrogen (secondary N) is 2. The molecule has 3 aliphatic rings. The molecule has 0 saturated carbocycles. The van der Waals surface area contributed by atoms with E-state index in [1.807, 2.05) is 68.4 Å². The third kappa shape index (κ3) is 8.81. The van der Waals surface area contributed by atoms with Crippen LogP contribution in [0.25, 0.3) is 39.2 Å². The van der Waals surface area contributed by atoms with Gasteiger partial charge in [-0.3, -0.25) is 14.1 Å². The summed E-state index contributed by atoms with van der Waals surface area (Å²) in [4.78, 5) is 43.2. The maximum Gasteiger partial charge on any atom is 0.407 e. The summed E-state index contributed by atoms with van der Waals surface area (Å²) in [7, 11) is -3.27. The molecule has 1 fully saturated rings. The molecule has 9 rings (SSSR count). The number of hydrogen-bond acceptors (Lipinski definition) is 10. The van der Waals surface area contributed by atoms with E-state index in [9.17, 15) is 27.4 Å². The molecule has 15 nitrogen and oxygen atoms in total. The summed E-state index contributed by atoms with van der Waals surface area (Å²) in [6.07, 6.45) is -1.05. The molecule has 1 aliphatic carbocycles. The number of halogens is 2. The van der Waals surface area contributed by atoms with E-state index in [2.05, 4.69) is 10.6 Å². The molecule has 18 heteroatoms. The summed E-state index contributed by atoms with van der Waals surface area (Å²) < 4.78 is 59.2. The molecule has 340 valence electrons. The van der Waals surface area contributed by atoms with Gasteiger partial charge in [-0.2, -0.15) is 13.5 Å². The normalized spacial score (nSPS) is 15.3. The number of benzene rings is 5. The molecule has 3 heterocycles. The first kappa shape index (κ1) is 44.8. The fraction of sp³-hybridized carbons (Fsp3) is 0.250. The second-order valence-electron chi connectivity index (χ2n) is 16.7. The van der Waals surface area contributed by atoms with Crippen molar-refractivity contribution in [1.82, 2.24) is 20.0 Å². The van der Waals surface area contributed by atoms with Crippen LogP contribution in [-0.4, -0.2) is 96.4 Å². The van der Waals surface area contributed by atoms with E-state index in [0.717, 1.165) is 22.3 Å². The van der Waals surface area contributed by atoms with Gasteiger partial charge in [-0.15, -0.1) is 0 Å². The number of alkyl carbamates (subject to hydrolysis) is 1. The number of methoxy groups -OCH3 is 1. The van der Waals surface area contributed by atoms with Crippen LogP contribution < -0.4 is 20.1 Å². The SMILES string of the molecule is COc1cc2c(cc1-c1cccc(NC(=O)[C@H](CS(=O)(=O)O)NC(=O)OCC3c4ccccc4-c4ccccc43)c1)-c1c(c(C(=O)N3CCOCC3(C)C)nn1-c1cc(Cl)cc(Cl)c1)CO2. The van der Waals surface area contributed by atoms with E-state index in [1.165, 1.54) is 7.11 Å². The van der Waals surface area contributed by atoms with Crippen LogP contribution >= 0.6 is 23.2 Å². The molecule has 1 atom stereocenters. The van der Waals surface area contributed by atoms with Crippen molar-refractivity contribution in [3.63, 3.8) is 0 Å². The number of carbonyl (C=O) groups is 3. The van der Waals surface area contributed by atoms with E-state index in [0.29, 0.717) is 74.9 Å². The van der Waals surface area contributed by atoms with Gasteiger partial charge in [0.15, 0.2) is 5.69 Å². The number of rotatable bonds is 11. The molecule has 66 heavy (non-hydrogen) atoms. The zero-order valence-electron chi connectivity index (χ0n) is 35.8. The molecular formula is C48H43Cl2N5O10S. The first-order chi connectivity index (χ1) is 31.6. The molecule has 1 aromatic heterocycles. The summed E-state index contributed by atoms with van der Waals surface area (Å²) in [6.45, 7) is 4.88. The zero-order chi connectivity index (χ0) is 46.5. The largest absolute Gasteiger partial charge is 0.496 e. The second kappa shape index (κ2) is 17.8. The highest BCUT2D eigenvalue weighted by molar-refractivity contribution is 7.85. The lowest BCUT2D eigenvalue weighted by molar-refractivity contribution is -0.117. The van der Waals surface area contributed by atoms with Crippen LogP contribution in [0.2, 0.25) is 10.0 Å². The van der Waals surface area contributed by atoms with Crippen molar-refractivity contribution in [3.05, 3.63) is 136 Å². The lowest BCUT2D eigenvalue weighted by Crippen LogP contribution is -2.55. The number of amides is 3. The zero-order valence-corrected chi connectivity index (χ0v) is 38.2. The van der Waals surface area contributed by atoms with Gasteiger partial charge < -0.3 is 34.5 Å². The Morgan fingerprint density at radius 3 is 2.27 bits per heavy atom. The quantitative estimate of drug-likeness (QED) is 0.106. The van der Waals surface area contributed by atoms with E-state index >= 15 is 0 Å². The van der Waals surface area contributed by atoms with Gasteiger partial charge in [-0.25, -0.2) is 9.48 Å². The second-order valence-corrected chi connectivity index (χ2v) is 19.1. The van der Waals surface area contributed by atoms with Crippen LogP contribution in [0, 0.1) is 0 Å². The van der Waals surface area contributed by atoms with Gasteiger partial charge in [-0.1, -0.05) is 83.9 Å². The Hall–Kier alpha value is -6.43. The fourth-order valence-corrected chi connectivity index (χ4v) is 10.00. The maximum absolute atomic E-state index is 14.4. The average molecular weight is 953 g/mol. The molecule has 1 saturated heterocycles. The topological polar surface area (TPSA) is 188 Å². The smallest absolute Gasteiger partial charge is 0.407 e. The van der Waals surface area contributed by atoms with Crippen molar-refractivity contribution in [3.8, 4) is 50.7 Å². The minimum absolute atomic E-state index is 0.0152. The lowest BCUT2D eigenvalue weighted by Gasteiger charge is -2.41. The third-order valence-corrected chi connectivity index (χ3v) is 13.1. The highest BCUT2D eigenvalue weighted by atomic mass is 35.5. The monoisotopic (exact) mass is 951 g/mol. The van der Waals surface area contributed by atoms with E-state index < -0.39 is 39.5 Å². The molecule has 3 N–H and O–H groups in total. The summed E-state index contributed by atoms with van der Waals surface area (Å²) >= 11 is 13.0.